The molecule has 0 aliphatic rings. The van der Waals surface area contributed by atoms with E-state index in [-0.39, 0.29) is 12.1 Å². The van der Waals surface area contributed by atoms with Crippen LogP contribution in [0.4, 0.5) is 0 Å². The van der Waals surface area contributed by atoms with E-state index in [4.69, 9.17) is 0 Å². The maximum atomic E-state index is 9.47. The molecule has 0 aromatic rings. The summed E-state index contributed by atoms with van der Waals surface area (Å²) in [5.74, 6) is 0.723. The van der Waals surface area contributed by atoms with Crippen molar-refractivity contribution in [2.24, 2.45) is 5.92 Å². The second kappa shape index (κ2) is 6.39. The Morgan fingerprint density at radius 1 is 1.15 bits per heavy atom. The van der Waals surface area contributed by atoms with E-state index in [1.165, 1.54) is 6.42 Å². The summed E-state index contributed by atoms with van der Waals surface area (Å²) in [5, 5.41) is 9.47. The van der Waals surface area contributed by atoms with Gasteiger partial charge in [-0.05, 0) is 26.3 Å². The third-order valence-corrected chi connectivity index (χ3v) is 2.92. The quantitative estimate of drug-likeness (QED) is 0.688. The molecule has 0 fully saturated rings. The predicted octanol–water partition coefficient (Wildman–Crippen LogP) is 2.12. The number of aliphatic hydroxyl groups is 1. The van der Waals surface area contributed by atoms with Crippen molar-refractivity contribution >= 4 is 0 Å². The van der Waals surface area contributed by atoms with Gasteiger partial charge in [0.05, 0.1) is 6.10 Å². The van der Waals surface area contributed by atoms with Crippen LogP contribution >= 0.6 is 0 Å². The van der Waals surface area contributed by atoms with Crippen molar-refractivity contribution in [3.8, 4) is 0 Å². The van der Waals surface area contributed by atoms with Gasteiger partial charge in [0.1, 0.15) is 0 Å². The number of aliphatic hydroxyl groups excluding tert-OH is 1. The molecule has 2 nitrogen and oxygen atoms in total. The maximum absolute atomic E-state index is 9.47. The van der Waals surface area contributed by atoms with Gasteiger partial charge in [0, 0.05) is 12.6 Å². The van der Waals surface area contributed by atoms with Crippen molar-refractivity contribution in [1.82, 2.24) is 4.90 Å². The Hall–Kier alpha value is -0.0800. The number of hydrogen-bond acceptors (Lipinski definition) is 2. The SMILES string of the molecule is CCC(C)CN(CC)C(C)C(C)O. The lowest BCUT2D eigenvalue weighted by Gasteiger charge is -2.31. The molecule has 80 valence electrons. The second-order valence-electron chi connectivity index (χ2n) is 4.08. The fourth-order valence-electron chi connectivity index (χ4n) is 1.42. The Labute approximate surface area is 82.9 Å². The summed E-state index contributed by atoms with van der Waals surface area (Å²) >= 11 is 0. The van der Waals surface area contributed by atoms with Gasteiger partial charge in [0.15, 0.2) is 0 Å². The molecule has 3 unspecified atom stereocenters. The highest BCUT2D eigenvalue weighted by Gasteiger charge is 2.17. The van der Waals surface area contributed by atoms with Crippen molar-refractivity contribution in [3.63, 3.8) is 0 Å². The Kier molecular flexibility index (Phi) is 6.35. The lowest BCUT2D eigenvalue weighted by molar-refractivity contribution is 0.0651. The van der Waals surface area contributed by atoms with Crippen LogP contribution in [0.3, 0.4) is 0 Å². The van der Waals surface area contributed by atoms with Gasteiger partial charge in [-0.25, -0.2) is 0 Å². The Morgan fingerprint density at radius 3 is 2.00 bits per heavy atom. The Morgan fingerprint density at radius 2 is 1.69 bits per heavy atom. The van der Waals surface area contributed by atoms with Crippen molar-refractivity contribution in [1.29, 1.82) is 0 Å². The van der Waals surface area contributed by atoms with Crippen LogP contribution in [-0.2, 0) is 0 Å². The molecule has 0 rings (SSSR count). The fraction of sp³-hybridized carbons (Fsp3) is 1.00. The van der Waals surface area contributed by atoms with E-state index in [9.17, 15) is 5.11 Å². The summed E-state index contributed by atoms with van der Waals surface area (Å²) in [7, 11) is 0. The van der Waals surface area contributed by atoms with Gasteiger partial charge >= 0.3 is 0 Å². The van der Waals surface area contributed by atoms with Crippen LogP contribution in [-0.4, -0.2) is 35.2 Å². The zero-order valence-corrected chi connectivity index (χ0v) is 9.75. The summed E-state index contributed by atoms with van der Waals surface area (Å²) in [6, 6.07) is 0.277. The molecule has 0 saturated heterocycles. The van der Waals surface area contributed by atoms with Gasteiger partial charge < -0.3 is 5.11 Å². The second-order valence-corrected chi connectivity index (χ2v) is 4.08. The topological polar surface area (TPSA) is 23.5 Å². The summed E-state index contributed by atoms with van der Waals surface area (Å²) in [6.07, 6.45) is 0.979. The van der Waals surface area contributed by atoms with Crippen LogP contribution in [0.1, 0.15) is 41.0 Å². The molecule has 0 radical (unpaired) electrons. The van der Waals surface area contributed by atoms with Gasteiger partial charge in [-0.1, -0.05) is 27.2 Å². The lowest BCUT2D eigenvalue weighted by atomic mass is 10.1. The standard InChI is InChI=1S/C11H25NO/c1-6-9(3)8-12(7-2)10(4)11(5)13/h9-11,13H,6-8H2,1-5H3. The first-order valence-corrected chi connectivity index (χ1v) is 5.44. The predicted molar refractivity (Wildman–Crippen MR) is 57.8 cm³/mol. The Bertz CT molecular complexity index is 125. The fourth-order valence-corrected chi connectivity index (χ4v) is 1.42. The summed E-state index contributed by atoms with van der Waals surface area (Å²) in [6.45, 7) is 12.7. The van der Waals surface area contributed by atoms with Crippen LogP contribution in [0.2, 0.25) is 0 Å². The molecule has 0 heterocycles. The van der Waals surface area contributed by atoms with E-state index in [1.54, 1.807) is 0 Å². The van der Waals surface area contributed by atoms with Gasteiger partial charge in [-0.2, -0.15) is 0 Å². The minimum absolute atomic E-state index is 0.232. The van der Waals surface area contributed by atoms with Crippen LogP contribution < -0.4 is 0 Å². The molecular formula is C11H25NO. The van der Waals surface area contributed by atoms with Gasteiger partial charge in [0.2, 0.25) is 0 Å². The average molecular weight is 187 g/mol. The van der Waals surface area contributed by atoms with Crippen LogP contribution in [0, 0.1) is 5.92 Å². The van der Waals surface area contributed by atoms with Crippen molar-refractivity contribution in [2.45, 2.75) is 53.2 Å². The maximum Gasteiger partial charge on any atom is 0.0664 e. The molecule has 0 aromatic carbocycles. The molecule has 2 heteroatoms. The Balaban J connectivity index is 4.01. The van der Waals surface area contributed by atoms with E-state index in [2.05, 4.69) is 32.6 Å². The molecule has 0 amide bonds. The first kappa shape index (κ1) is 12.9. The van der Waals surface area contributed by atoms with Gasteiger partial charge in [-0.15, -0.1) is 0 Å². The highest BCUT2D eigenvalue weighted by Crippen LogP contribution is 2.09. The highest BCUT2D eigenvalue weighted by molar-refractivity contribution is 4.72. The lowest BCUT2D eigenvalue weighted by Crippen LogP contribution is -2.42. The van der Waals surface area contributed by atoms with Crippen LogP contribution in [0.5, 0.6) is 0 Å². The minimum Gasteiger partial charge on any atom is -0.392 e. The highest BCUT2D eigenvalue weighted by atomic mass is 16.3. The summed E-state index contributed by atoms with van der Waals surface area (Å²) in [5.41, 5.74) is 0. The van der Waals surface area contributed by atoms with Gasteiger partial charge in [-0.3, -0.25) is 4.90 Å². The van der Waals surface area contributed by atoms with Crippen LogP contribution in [0.15, 0.2) is 0 Å². The third-order valence-electron chi connectivity index (χ3n) is 2.92. The molecule has 0 spiro atoms. The number of likely N-dealkylation sites (N-methyl/N-ethyl adjacent to an activating group) is 1. The van der Waals surface area contributed by atoms with E-state index in [1.807, 2.05) is 6.92 Å². The van der Waals surface area contributed by atoms with Crippen molar-refractivity contribution in [3.05, 3.63) is 0 Å². The normalized spacial score (nSPS) is 18.7. The number of rotatable bonds is 6. The molecule has 13 heavy (non-hydrogen) atoms. The molecule has 0 bridgehead atoms. The smallest absolute Gasteiger partial charge is 0.0664 e. The molecule has 0 aliphatic carbocycles. The van der Waals surface area contributed by atoms with Gasteiger partial charge in [0.25, 0.3) is 0 Å². The first-order valence-electron chi connectivity index (χ1n) is 5.44. The zero-order valence-electron chi connectivity index (χ0n) is 9.75. The number of nitrogens with zero attached hydrogens (tertiary/aromatic N) is 1. The van der Waals surface area contributed by atoms with E-state index in [0.717, 1.165) is 19.0 Å². The largest absolute Gasteiger partial charge is 0.392 e. The molecule has 3 atom stereocenters. The van der Waals surface area contributed by atoms with E-state index < -0.39 is 0 Å². The van der Waals surface area contributed by atoms with Crippen molar-refractivity contribution in [2.75, 3.05) is 13.1 Å². The zero-order chi connectivity index (χ0) is 10.4. The first-order chi connectivity index (χ1) is 6.02. The monoisotopic (exact) mass is 187 g/mol. The summed E-state index contributed by atoms with van der Waals surface area (Å²) in [4.78, 5) is 2.35. The molecule has 1 N–H and O–H groups in total. The van der Waals surface area contributed by atoms with E-state index >= 15 is 0 Å². The molecule has 0 aromatic heterocycles. The average Bonchev–Trinajstić information content (AvgIpc) is 2.12. The van der Waals surface area contributed by atoms with E-state index in [0.29, 0.717) is 0 Å². The number of hydrogen-bond donors (Lipinski definition) is 1. The molecule has 0 aliphatic heterocycles. The van der Waals surface area contributed by atoms with Crippen molar-refractivity contribution < 1.29 is 5.11 Å². The van der Waals surface area contributed by atoms with Crippen LogP contribution in [0.25, 0.3) is 0 Å². The molecule has 0 saturated carbocycles. The minimum atomic E-state index is -0.232. The summed E-state index contributed by atoms with van der Waals surface area (Å²) < 4.78 is 0. The molecular weight excluding hydrogens is 162 g/mol. The third kappa shape index (κ3) is 4.63.